The SMILES string of the molecule is CCCCCC[N+](C)(CCCCCC)Cc1c(C)cc(C)c(C[N+](C)(CCCCCC)CCCCCC)c1C.[Cl-].[Cl-]. The van der Waals surface area contributed by atoms with Crippen LogP contribution in [0.15, 0.2) is 6.07 Å². The first-order valence-corrected chi connectivity index (χ1v) is 17.4. The molecule has 244 valence electrons. The van der Waals surface area contributed by atoms with Gasteiger partial charge in [0.25, 0.3) is 0 Å². The second-order valence-corrected chi connectivity index (χ2v) is 13.8. The first-order chi connectivity index (χ1) is 18.6. The Morgan fingerprint density at radius 2 is 0.707 bits per heavy atom. The van der Waals surface area contributed by atoms with Gasteiger partial charge in [0.15, 0.2) is 0 Å². The molecule has 0 aromatic heterocycles. The van der Waals surface area contributed by atoms with Crippen molar-refractivity contribution in [2.45, 2.75) is 164 Å². The van der Waals surface area contributed by atoms with E-state index in [0.717, 1.165) is 0 Å². The summed E-state index contributed by atoms with van der Waals surface area (Å²) >= 11 is 0. The van der Waals surface area contributed by atoms with E-state index in [1.165, 1.54) is 162 Å². The molecule has 1 aromatic rings. The molecule has 0 atom stereocenters. The van der Waals surface area contributed by atoms with E-state index in [0.29, 0.717) is 0 Å². The molecule has 41 heavy (non-hydrogen) atoms. The highest BCUT2D eigenvalue weighted by Crippen LogP contribution is 2.29. The lowest BCUT2D eigenvalue weighted by Crippen LogP contribution is -3.00. The van der Waals surface area contributed by atoms with E-state index in [2.05, 4.69) is 68.6 Å². The van der Waals surface area contributed by atoms with E-state index in [9.17, 15) is 0 Å². The van der Waals surface area contributed by atoms with Gasteiger partial charge < -0.3 is 33.8 Å². The number of benzene rings is 1. The van der Waals surface area contributed by atoms with E-state index in [1.54, 1.807) is 16.7 Å². The third-order valence-corrected chi connectivity index (χ3v) is 9.58. The summed E-state index contributed by atoms with van der Waals surface area (Å²) in [5.74, 6) is 0. The first kappa shape index (κ1) is 42.9. The normalized spacial score (nSPS) is 11.8. The molecule has 0 fully saturated rings. The van der Waals surface area contributed by atoms with Crippen LogP contribution >= 0.6 is 0 Å². The lowest BCUT2D eigenvalue weighted by Gasteiger charge is -2.38. The Kier molecular flexibility index (Phi) is 25.2. The molecule has 0 N–H and O–H groups in total. The molecule has 0 unspecified atom stereocenters. The van der Waals surface area contributed by atoms with Gasteiger partial charge in [0.2, 0.25) is 0 Å². The maximum atomic E-state index is 2.57. The predicted octanol–water partition coefficient (Wildman–Crippen LogP) is 4.83. The molecule has 1 aromatic carbocycles. The van der Waals surface area contributed by atoms with Gasteiger partial charge >= 0.3 is 0 Å². The maximum absolute atomic E-state index is 2.57. The smallest absolute Gasteiger partial charge is 0.105 e. The van der Waals surface area contributed by atoms with Crippen LogP contribution in [-0.4, -0.2) is 49.2 Å². The fourth-order valence-corrected chi connectivity index (χ4v) is 6.74. The Hall–Kier alpha value is -0.280. The average Bonchev–Trinajstić information content (AvgIpc) is 2.90. The summed E-state index contributed by atoms with van der Waals surface area (Å²) < 4.78 is 2.44. The van der Waals surface area contributed by atoms with Gasteiger partial charge in [-0.15, -0.1) is 0 Å². The van der Waals surface area contributed by atoms with Gasteiger partial charge in [0.1, 0.15) is 13.1 Å². The zero-order valence-electron chi connectivity index (χ0n) is 29.3. The second kappa shape index (κ2) is 24.1. The number of aryl methyl sites for hydroxylation is 2. The summed E-state index contributed by atoms with van der Waals surface area (Å²) in [6, 6.07) is 2.54. The number of hydrogen-bond donors (Lipinski definition) is 0. The van der Waals surface area contributed by atoms with E-state index in [1.807, 2.05) is 0 Å². The van der Waals surface area contributed by atoms with E-state index >= 15 is 0 Å². The molecule has 1 rings (SSSR count). The largest absolute Gasteiger partial charge is 1.00 e. The van der Waals surface area contributed by atoms with Crippen molar-refractivity contribution >= 4 is 0 Å². The number of nitrogens with zero attached hydrogens (tertiary/aromatic N) is 2. The summed E-state index contributed by atoms with van der Waals surface area (Å²) in [5.41, 5.74) is 7.99. The van der Waals surface area contributed by atoms with Gasteiger partial charge in [0.05, 0.1) is 40.3 Å². The second-order valence-electron chi connectivity index (χ2n) is 13.8. The van der Waals surface area contributed by atoms with Crippen molar-refractivity contribution in [2.75, 3.05) is 40.3 Å². The van der Waals surface area contributed by atoms with Crippen molar-refractivity contribution in [3.63, 3.8) is 0 Å². The van der Waals surface area contributed by atoms with Gasteiger partial charge in [-0.1, -0.05) is 85.1 Å². The standard InChI is InChI=1S/C37H72N2.2ClH/c1-10-14-18-22-26-38(8,27-23-19-15-11-2)31-36-33(5)30-34(6)37(35(36)7)32-39(9,28-24-20-16-12-3)29-25-21-17-13-4;;/h30H,10-29,31-32H2,1-9H3;2*1H/q+2;;/p-2. The molecule has 0 heterocycles. The molecule has 0 aliphatic heterocycles. The van der Waals surface area contributed by atoms with Crippen molar-refractivity contribution in [3.05, 3.63) is 33.9 Å². The van der Waals surface area contributed by atoms with Crippen molar-refractivity contribution in [1.29, 1.82) is 0 Å². The molecule has 0 spiro atoms. The molecule has 0 radical (unpaired) electrons. The quantitative estimate of drug-likeness (QED) is 0.115. The molecule has 0 aliphatic rings. The molecule has 4 heteroatoms. The maximum Gasteiger partial charge on any atom is 0.105 e. The molecular formula is C37H72Cl2N2. The van der Waals surface area contributed by atoms with E-state index in [4.69, 9.17) is 0 Å². The molecular weight excluding hydrogens is 543 g/mol. The van der Waals surface area contributed by atoms with Gasteiger partial charge in [-0.25, -0.2) is 0 Å². The van der Waals surface area contributed by atoms with Crippen molar-refractivity contribution in [3.8, 4) is 0 Å². The van der Waals surface area contributed by atoms with Gasteiger partial charge in [0, 0.05) is 11.1 Å². The number of quaternary nitrogens is 2. The highest BCUT2D eigenvalue weighted by Gasteiger charge is 2.28. The molecule has 0 saturated carbocycles. The highest BCUT2D eigenvalue weighted by molar-refractivity contribution is 5.44. The molecule has 0 aliphatic carbocycles. The van der Waals surface area contributed by atoms with Gasteiger partial charge in [-0.2, -0.15) is 0 Å². The topological polar surface area (TPSA) is 0 Å². The Morgan fingerprint density at radius 3 is 0.951 bits per heavy atom. The number of unbranched alkanes of at least 4 members (excludes halogenated alkanes) is 12. The van der Waals surface area contributed by atoms with Crippen LogP contribution in [0.1, 0.15) is 158 Å². The van der Waals surface area contributed by atoms with Crippen LogP contribution < -0.4 is 24.8 Å². The van der Waals surface area contributed by atoms with Crippen LogP contribution in [0, 0.1) is 20.8 Å². The fourth-order valence-electron chi connectivity index (χ4n) is 6.74. The summed E-state index contributed by atoms with van der Waals surface area (Å²) in [6.45, 7) is 24.3. The minimum absolute atomic E-state index is 0. The number of halogens is 2. The minimum atomic E-state index is 0. The Balaban J connectivity index is 0. The van der Waals surface area contributed by atoms with Crippen molar-refractivity contribution < 1.29 is 33.8 Å². The predicted molar refractivity (Wildman–Crippen MR) is 176 cm³/mol. The van der Waals surface area contributed by atoms with Crippen LogP contribution in [0.4, 0.5) is 0 Å². The van der Waals surface area contributed by atoms with Gasteiger partial charge in [-0.3, -0.25) is 0 Å². The zero-order valence-corrected chi connectivity index (χ0v) is 30.8. The molecule has 0 saturated heterocycles. The molecule has 2 nitrogen and oxygen atoms in total. The van der Waals surface area contributed by atoms with Crippen LogP contribution in [0.3, 0.4) is 0 Å². The van der Waals surface area contributed by atoms with E-state index in [-0.39, 0.29) is 24.8 Å². The third kappa shape index (κ3) is 17.0. The Labute approximate surface area is 271 Å². The van der Waals surface area contributed by atoms with Gasteiger partial charge in [-0.05, 0) is 88.8 Å². The fraction of sp³-hybridized carbons (Fsp3) is 0.838. The lowest BCUT2D eigenvalue weighted by molar-refractivity contribution is -0.923. The number of rotatable bonds is 24. The monoisotopic (exact) mass is 615 g/mol. The lowest BCUT2D eigenvalue weighted by atomic mass is 9.91. The summed E-state index contributed by atoms with van der Waals surface area (Å²) in [7, 11) is 5.13. The van der Waals surface area contributed by atoms with Crippen molar-refractivity contribution in [2.24, 2.45) is 0 Å². The highest BCUT2D eigenvalue weighted by atomic mass is 35.5. The summed E-state index contributed by atoms with van der Waals surface area (Å²) in [5, 5.41) is 0. The minimum Gasteiger partial charge on any atom is -1.00 e. The molecule has 0 amide bonds. The Bertz CT molecular complexity index is 692. The summed E-state index contributed by atoms with van der Waals surface area (Å²) in [4.78, 5) is 0. The Morgan fingerprint density at radius 1 is 0.439 bits per heavy atom. The van der Waals surface area contributed by atoms with Crippen molar-refractivity contribution in [1.82, 2.24) is 0 Å². The van der Waals surface area contributed by atoms with Crippen LogP contribution in [-0.2, 0) is 13.1 Å². The number of hydrogen-bond acceptors (Lipinski definition) is 0. The third-order valence-electron chi connectivity index (χ3n) is 9.58. The van der Waals surface area contributed by atoms with Crippen LogP contribution in [0.2, 0.25) is 0 Å². The van der Waals surface area contributed by atoms with E-state index < -0.39 is 0 Å². The molecule has 0 bridgehead atoms. The van der Waals surface area contributed by atoms with Crippen LogP contribution in [0.25, 0.3) is 0 Å². The average molecular weight is 616 g/mol. The first-order valence-electron chi connectivity index (χ1n) is 17.4. The zero-order chi connectivity index (χ0) is 29.2. The van der Waals surface area contributed by atoms with Crippen LogP contribution in [0.5, 0.6) is 0 Å². The summed E-state index contributed by atoms with van der Waals surface area (Å²) in [6.07, 6.45) is 21.9.